The second-order valence-electron chi connectivity index (χ2n) is 4.00. The average Bonchev–Trinajstić information content (AvgIpc) is 2.85. The molecule has 0 saturated heterocycles. The minimum Gasteiger partial charge on any atom is -0.330 e. The number of aromatic nitrogens is 2. The summed E-state index contributed by atoms with van der Waals surface area (Å²) in [5.74, 6) is 1.22. The van der Waals surface area contributed by atoms with Gasteiger partial charge in [-0.25, -0.2) is 4.98 Å². The molecule has 1 aromatic rings. The number of imidazole rings is 1. The van der Waals surface area contributed by atoms with Crippen molar-refractivity contribution in [1.29, 1.82) is 0 Å². The lowest BCUT2D eigenvalue weighted by Crippen LogP contribution is -2.31. The molecule has 3 nitrogen and oxygen atoms in total. The van der Waals surface area contributed by atoms with Crippen LogP contribution in [0, 0.1) is 0 Å². The van der Waals surface area contributed by atoms with Gasteiger partial charge in [0.25, 0.3) is 0 Å². The fourth-order valence-corrected chi connectivity index (χ4v) is 2.53. The van der Waals surface area contributed by atoms with Gasteiger partial charge in [0.1, 0.15) is 5.82 Å². The number of rotatable bonds is 3. The Balaban J connectivity index is 2.21. The zero-order valence-electron chi connectivity index (χ0n) is 9.03. The molecular formula is C11H19N3. The summed E-state index contributed by atoms with van der Waals surface area (Å²) in [5, 5.41) is 3.40. The van der Waals surface area contributed by atoms with Gasteiger partial charge in [-0.3, -0.25) is 0 Å². The molecule has 0 aliphatic heterocycles. The van der Waals surface area contributed by atoms with Crippen LogP contribution >= 0.6 is 0 Å². The summed E-state index contributed by atoms with van der Waals surface area (Å²) in [7, 11) is 2.06. The Kier molecular flexibility index (Phi) is 2.87. The molecule has 0 bridgehead atoms. The largest absolute Gasteiger partial charge is 0.330 e. The van der Waals surface area contributed by atoms with E-state index in [4.69, 9.17) is 0 Å². The molecule has 0 spiro atoms. The molecule has 2 rings (SSSR count). The van der Waals surface area contributed by atoms with E-state index in [1.807, 2.05) is 6.20 Å². The topological polar surface area (TPSA) is 29.9 Å². The van der Waals surface area contributed by atoms with Crippen LogP contribution in [0.3, 0.4) is 0 Å². The number of likely N-dealkylation sites (N-methyl/N-ethyl adjacent to an activating group) is 1. The van der Waals surface area contributed by atoms with Gasteiger partial charge in [-0.05, 0) is 26.3 Å². The van der Waals surface area contributed by atoms with Crippen molar-refractivity contribution in [3.63, 3.8) is 0 Å². The first-order chi connectivity index (χ1) is 6.86. The molecule has 1 saturated carbocycles. The SMILES string of the molecule is CCc1nccn1C1CCCC1NC. The minimum atomic E-state index is 0.623. The van der Waals surface area contributed by atoms with Crippen LogP contribution in [-0.2, 0) is 6.42 Å². The first-order valence-electron chi connectivity index (χ1n) is 5.55. The molecule has 1 N–H and O–H groups in total. The van der Waals surface area contributed by atoms with Gasteiger partial charge in [-0.1, -0.05) is 6.92 Å². The molecule has 78 valence electrons. The van der Waals surface area contributed by atoms with Crippen molar-refractivity contribution >= 4 is 0 Å². The molecular weight excluding hydrogens is 174 g/mol. The third kappa shape index (κ3) is 1.57. The van der Waals surface area contributed by atoms with Crippen molar-refractivity contribution < 1.29 is 0 Å². The zero-order valence-corrected chi connectivity index (χ0v) is 9.03. The lowest BCUT2D eigenvalue weighted by atomic mass is 10.1. The predicted molar refractivity (Wildman–Crippen MR) is 57.3 cm³/mol. The van der Waals surface area contributed by atoms with Gasteiger partial charge in [0.05, 0.1) is 6.04 Å². The van der Waals surface area contributed by atoms with Gasteiger partial charge < -0.3 is 9.88 Å². The average molecular weight is 193 g/mol. The third-order valence-electron chi connectivity index (χ3n) is 3.27. The highest BCUT2D eigenvalue weighted by molar-refractivity contribution is 4.99. The van der Waals surface area contributed by atoms with Gasteiger partial charge in [-0.15, -0.1) is 0 Å². The Morgan fingerprint density at radius 3 is 3.14 bits per heavy atom. The summed E-state index contributed by atoms with van der Waals surface area (Å²) in [6.07, 6.45) is 8.98. The molecule has 0 amide bonds. The summed E-state index contributed by atoms with van der Waals surface area (Å²) in [4.78, 5) is 4.38. The Morgan fingerprint density at radius 1 is 1.57 bits per heavy atom. The van der Waals surface area contributed by atoms with Crippen LogP contribution in [0.15, 0.2) is 12.4 Å². The second-order valence-corrected chi connectivity index (χ2v) is 4.00. The number of nitrogens with one attached hydrogen (secondary N) is 1. The molecule has 1 aliphatic rings. The van der Waals surface area contributed by atoms with Crippen molar-refractivity contribution in [3.05, 3.63) is 18.2 Å². The highest BCUT2D eigenvalue weighted by atomic mass is 15.1. The summed E-state index contributed by atoms with van der Waals surface area (Å²) in [5.41, 5.74) is 0. The molecule has 1 heterocycles. The number of nitrogens with zero attached hydrogens (tertiary/aromatic N) is 2. The number of aryl methyl sites for hydroxylation is 1. The molecule has 14 heavy (non-hydrogen) atoms. The molecule has 1 fully saturated rings. The smallest absolute Gasteiger partial charge is 0.108 e. The summed E-state index contributed by atoms with van der Waals surface area (Å²) in [6, 6.07) is 1.26. The van der Waals surface area contributed by atoms with Crippen LogP contribution in [-0.4, -0.2) is 22.6 Å². The van der Waals surface area contributed by atoms with E-state index in [0.29, 0.717) is 12.1 Å². The highest BCUT2D eigenvalue weighted by Gasteiger charge is 2.27. The van der Waals surface area contributed by atoms with Crippen LogP contribution in [0.2, 0.25) is 0 Å². The summed E-state index contributed by atoms with van der Waals surface area (Å²) < 4.78 is 2.36. The van der Waals surface area contributed by atoms with E-state index in [1.165, 1.54) is 25.1 Å². The maximum atomic E-state index is 4.38. The predicted octanol–water partition coefficient (Wildman–Crippen LogP) is 1.76. The lowest BCUT2D eigenvalue weighted by molar-refractivity contribution is 0.404. The quantitative estimate of drug-likeness (QED) is 0.792. The summed E-state index contributed by atoms with van der Waals surface area (Å²) >= 11 is 0. The fourth-order valence-electron chi connectivity index (χ4n) is 2.53. The molecule has 1 aliphatic carbocycles. The molecule has 0 radical (unpaired) electrons. The third-order valence-corrected chi connectivity index (χ3v) is 3.27. The van der Waals surface area contributed by atoms with E-state index in [9.17, 15) is 0 Å². The Labute approximate surface area is 85.5 Å². The van der Waals surface area contributed by atoms with Gasteiger partial charge in [0.2, 0.25) is 0 Å². The van der Waals surface area contributed by atoms with Crippen molar-refractivity contribution in [2.45, 2.75) is 44.7 Å². The Morgan fingerprint density at radius 2 is 2.43 bits per heavy atom. The van der Waals surface area contributed by atoms with Crippen LogP contribution in [0.25, 0.3) is 0 Å². The van der Waals surface area contributed by atoms with Crippen molar-refractivity contribution in [2.75, 3.05) is 7.05 Å². The molecule has 2 unspecified atom stereocenters. The lowest BCUT2D eigenvalue weighted by Gasteiger charge is -2.22. The molecule has 3 heteroatoms. The van der Waals surface area contributed by atoms with E-state index in [2.05, 4.69) is 35.0 Å². The van der Waals surface area contributed by atoms with Crippen molar-refractivity contribution in [1.82, 2.24) is 14.9 Å². The highest BCUT2D eigenvalue weighted by Crippen LogP contribution is 2.30. The Bertz CT molecular complexity index is 292. The standard InChI is InChI=1S/C11H19N3/c1-3-11-13-7-8-14(11)10-6-4-5-9(10)12-2/h7-10,12H,3-6H2,1-2H3. The first-order valence-corrected chi connectivity index (χ1v) is 5.55. The maximum Gasteiger partial charge on any atom is 0.108 e. The van der Waals surface area contributed by atoms with Gasteiger partial charge >= 0.3 is 0 Å². The van der Waals surface area contributed by atoms with E-state index in [0.717, 1.165) is 6.42 Å². The van der Waals surface area contributed by atoms with Crippen molar-refractivity contribution in [3.8, 4) is 0 Å². The zero-order chi connectivity index (χ0) is 9.97. The minimum absolute atomic E-state index is 0.623. The monoisotopic (exact) mass is 193 g/mol. The van der Waals surface area contributed by atoms with Gasteiger partial charge in [-0.2, -0.15) is 0 Å². The van der Waals surface area contributed by atoms with Crippen LogP contribution in [0.5, 0.6) is 0 Å². The normalized spacial score (nSPS) is 27.0. The molecule has 1 aromatic heterocycles. The van der Waals surface area contributed by atoms with Crippen LogP contribution in [0.1, 0.15) is 38.1 Å². The van der Waals surface area contributed by atoms with Crippen LogP contribution < -0.4 is 5.32 Å². The summed E-state index contributed by atoms with van der Waals surface area (Å²) in [6.45, 7) is 2.17. The fraction of sp³-hybridized carbons (Fsp3) is 0.727. The number of hydrogen-bond acceptors (Lipinski definition) is 2. The molecule has 0 aromatic carbocycles. The van der Waals surface area contributed by atoms with Crippen LogP contribution in [0.4, 0.5) is 0 Å². The van der Waals surface area contributed by atoms with Crippen molar-refractivity contribution in [2.24, 2.45) is 0 Å². The molecule has 2 atom stereocenters. The van der Waals surface area contributed by atoms with Gasteiger partial charge in [0, 0.05) is 24.9 Å². The van der Waals surface area contributed by atoms with E-state index < -0.39 is 0 Å². The maximum absolute atomic E-state index is 4.38. The van der Waals surface area contributed by atoms with Gasteiger partial charge in [0.15, 0.2) is 0 Å². The van der Waals surface area contributed by atoms with E-state index >= 15 is 0 Å². The second kappa shape index (κ2) is 4.13. The van der Waals surface area contributed by atoms with E-state index in [1.54, 1.807) is 0 Å². The first kappa shape index (κ1) is 9.71. The van der Waals surface area contributed by atoms with E-state index in [-0.39, 0.29) is 0 Å². The Hall–Kier alpha value is -0.830. The number of hydrogen-bond donors (Lipinski definition) is 1.